The van der Waals surface area contributed by atoms with E-state index in [1.807, 2.05) is 6.92 Å². The molecule has 0 spiro atoms. The van der Waals surface area contributed by atoms with Crippen molar-refractivity contribution >= 4 is 11.7 Å². The normalized spacial score (nSPS) is 16.6. The minimum absolute atomic E-state index is 0.314. The molecule has 0 saturated carbocycles. The molecule has 30 heavy (non-hydrogen) atoms. The number of amides is 1. The number of carbonyl (C=O) groups excluding carboxylic acids is 1. The Morgan fingerprint density at radius 2 is 1.53 bits per heavy atom. The predicted octanol–water partition coefficient (Wildman–Crippen LogP) is 5.58. The van der Waals surface area contributed by atoms with E-state index in [0.717, 1.165) is 49.8 Å². The van der Waals surface area contributed by atoms with Crippen LogP contribution in [-0.2, 0) is 17.8 Å². The minimum Gasteiger partial charge on any atom is -0.356 e. The van der Waals surface area contributed by atoms with Gasteiger partial charge in [0.2, 0.25) is 5.91 Å². The Balaban J connectivity index is 1.45. The molecular formula is C25H42N4O. The van der Waals surface area contributed by atoms with E-state index in [0.29, 0.717) is 18.9 Å². The molecule has 2 aliphatic heterocycles. The van der Waals surface area contributed by atoms with Crippen molar-refractivity contribution in [1.82, 2.24) is 14.9 Å². The van der Waals surface area contributed by atoms with Crippen molar-refractivity contribution in [1.29, 1.82) is 0 Å². The zero-order valence-electron chi connectivity index (χ0n) is 19.4. The summed E-state index contributed by atoms with van der Waals surface area (Å²) in [7, 11) is 0. The van der Waals surface area contributed by atoms with Gasteiger partial charge in [-0.2, -0.15) is 0 Å². The number of aromatic nitrogens is 2. The maximum absolute atomic E-state index is 12.8. The van der Waals surface area contributed by atoms with Crippen LogP contribution in [0.1, 0.15) is 107 Å². The fourth-order valence-electron chi connectivity index (χ4n) is 4.84. The third-order valence-corrected chi connectivity index (χ3v) is 6.65. The highest BCUT2D eigenvalue weighted by Gasteiger charge is 2.27. The zero-order chi connectivity index (χ0) is 21.2. The first-order valence-electron chi connectivity index (χ1n) is 12.6. The van der Waals surface area contributed by atoms with Gasteiger partial charge in [0.1, 0.15) is 11.6 Å². The van der Waals surface area contributed by atoms with Gasteiger partial charge in [-0.25, -0.2) is 9.97 Å². The number of piperidine rings is 1. The van der Waals surface area contributed by atoms with E-state index >= 15 is 0 Å². The first-order chi connectivity index (χ1) is 14.7. The van der Waals surface area contributed by atoms with Gasteiger partial charge in [0.25, 0.3) is 0 Å². The lowest BCUT2D eigenvalue weighted by Gasteiger charge is -2.34. The van der Waals surface area contributed by atoms with Crippen LogP contribution >= 0.6 is 0 Å². The van der Waals surface area contributed by atoms with Crippen molar-refractivity contribution in [2.45, 2.75) is 110 Å². The Morgan fingerprint density at radius 1 is 0.867 bits per heavy atom. The number of nitrogens with zero attached hydrogens (tertiary/aromatic N) is 4. The highest BCUT2D eigenvalue weighted by Crippen LogP contribution is 2.29. The van der Waals surface area contributed by atoms with Crippen LogP contribution in [0.25, 0.3) is 0 Å². The maximum Gasteiger partial charge on any atom is 0.222 e. The van der Waals surface area contributed by atoms with Gasteiger partial charge in [-0.05, 0) is 32.6 Å². The summed E-state index contributed by atoms with van der Waals surface area (Å²) in [6, 6.07) is 0. The average Bonchev–Trinajstić information content (AvgIpc) is 2.77. The molecule has 0 N–H and O–H groups in total. The van der Waals surface area contributed by atoms with E-state index in [-0.39, 0.29) is 0 Å². The topological polar surface area (TPSA) is 49.3 Å². The molecule has 2 aliphatic rings. The zero-order valence-corrected chi connectivity index (χ0v) is 19.4. The smallest absolute Gasteiger partial charge is 0.222 e. The van der Waals surface area contributed by atoms with Gasteiger partial charge in [0.05, 0.1) is 12.2 Å². The van der Waals surface area contributed by atoms with E-state index in [2.05, 4.69) is 16.7 Å². The van der Waals surface area contributed by atoms with Crippen molar-refractivity contribution in [3.8, 4) is 0 Å². The molecule has 3 rings (SSSR count). The lowest BCUT2D eigenvalue weighted by Crippen LogP contribution is -2.39. The summed E-state index contributed by atoms with van der Waals surface area (Å²) >= 11 is 0. The van der Waals surface area contributed by atoms with Crippen molar-refractivity contribution in [2.24, 2.45) is 0 Å². The van der Waals surface area contributed by atoms with E-state index in [1.165, 1.54) is 76.2 Å². The Bertz CT molecular complexity index is 669. The number of hydrogen-bond acceptors (Lipinski definition) is 4. The number of aryl methyl sites for hydroxylation is 1. The maximum atomic E-state index is 12.8. The van der Waals surface area contributed by atoms with Crippen LogP contribution in [0.4, 0.5) is 5.82 Å². The number of hydrogen-bond donors (Lipinski definition) is 0. The molecule has 1 aromatic heterocycles. The van der Waals surface area contributed by atoms with Gasteiger partial charge in [-0.3, -0.25) is 4.79 Å². The largest absolute Gasteiger partial charge is 0.356 e. The van der Waals surface area contributed by atoms with Gasteiger partial charge < -0.3 is 9.80 Å². The molecule has 0 bridgehead atoms. The van der Waals surface area contributed by atoms with Crippen LogP contribution in [-0.4, -0.2) is 40.4 Å². The second-order valence-electron chi connectivity index (χ2n) is 9.21. The first-order valence-corrected chi connectivity index (χ1v) is 12.6. The molecule has 1 aromatic rings. The highest BCUT2D eigenvalue weighted by molar-refractivity contribution is 5.76. The van der Waals surface area contributed by atoms with Gasteiger partial charge >= 0.3 is 0 Å². The fraction of sp³-hybridized carbons (Fsp3) is 0.800. The highest BCUT2D eigenvalue weighted by atomic mass is 16.2. The van der Waals surface area contributed by atoms with Crippen LogP contribution in [0.15, 0.2) is 0 Å². The lowest BCUT2D eigenvalue weighted by molar-refractivity contribution is -0.132. The van der Waals surface area contributed by atoms with Crippen molar-refractivity contribution in [3.63, 3.8) is 0 Å². The SMILES string of the molecule is CCCCCCCCCCCC(=O)N1CCc2nc(C)nc(N3CCCCC3)c2C1. The van der Waals surface area contributed by atoms with Gasteiger partial charge in [0, 0.05) is 38.0 Å². The summed E-state index contributed by atoms with van der Waals surface area (Å²) in [5, 5.41) is 0. The number of carbonyl (C=O) groups is 1. The quantitative estimate of drug-likeness (QED) is 0.443. The van der Waals surface area contributed by atoms with Crippen LogP contribution in [0.3, 0.4) is 0 Å². The van der Waals surface area contributed by atoms with Gasteiger partial charge in [-0.1, -0.05) is 58.3 Å². The monoisotopic (exact) mass is 414 g/mol. The number of unbranched alkanes of at least 4 members (excludes halogenated alkanes) is 8. The van der Waals surface area contributed by atoms with Crippen LogP contribution in [0.5, 0.6) is 0 Å². The van der Waals surface area contributed by atoms with E-state index in [4.69, 9.17) is 9.97 Å². The Morgan fingerprint density at radius 3 is 2.23 bits per heavy atom. The molecular weight excluding hydrogens is 372 g/mol. The molecule has 0 aromatic carbocycles. The van der Waals surface area contributed by atoms with E-state index in [1.54, 1.807) is 0 Å². The standard InChI is InChI=1S/C25H42N4O/c1-3-4-5-6-7-8-9-10-12-15-24(30)29-19-16-23-22(20-29)25(27-21(2)26-23)28-17-13-11-14-18-28/h3-20H2,1-2H3. The Hall–Kier alpha value is -1.65. The number of fused-ring (bicyclic) bond motifs is 1. The molecule has 5 nitrogen and oxygen atoms in total. The van der Waals surface area contributed by atoms with Crippen molar-refractivity contribution in [2.75, 3.05) is 24.5 Å². The Labute approximate surface area is 183 Å². The summed E-state index contributed by atoms with van der Waals surface area (Å²) in [4.78, 5) is 26.8. The summed E-state index contributed by atoms with van der Waals surface area (Å²) in [6.45, 7) is 7.91. The van der Waals surface area contributed by atoms with Gasteiger partial charge in [-0.15, -0.1) is 0 Å². The average molecular weight is 415 g/mol. The van der Waals surface area contributed by atoms with Crippen LogP contribution in [0, 0.1) is 6.92 Å². The van der Waals surface area contributed by atoms with Gasteiger partial charge in [0.15, 0.2) is 0 Å². The molecule has 1 fully saturated rings. The Kier molecular flexibility index (Phi) is 9.41. The van der Waals surface area contributed by atoms with Crippen LogP contribution in [0.2, 0.25) is 0 Å². The first kappa shape index (κ1) is 23.0. The van der Waals surface area contributed by atoms with E-state index < -0.39 is 0 Å². The van der Waals surface area contributed by atoms with Crippen molar-refractivity contribution in [3.05, 3.63) is 17.1 Å². The molecule has 1 amide bonds. The molecule has 168 valence electrons. The summed E-state index contributed by atoms with van der Waals surface area (Å²) in [6.07, 6.45) is 17.0. The third kappa shape index (κ3) is 6.68. The predicted molar refractivity (Wildman–Crippen MR) is 124 cm³/mol. The molecule has 1 saturated heterocycles. The van der Waals surface area contributed by atoms with Crippen LogP contribution < -0.4 is 4.90 Å². The fourth-order valence-corrected chi connectivity index (χ4v) is 4.84. The molecule has 0 atom stereocenters. The summed E-state index contributed by atoms with van der Waals surface area (Å²) in [5.41, 5.74) is 2.37. The molecule has 5 heteroatoms. The van der Waals surface area contributed by atoms with E-state index in [9.17, 15) is 4.79 Å². The van der Waals surface area contributed by atoms with Crippen molar-refractivity contribution < 1.29 is 4.79 Å². The molecule has 0 radical (unpaired) electrons. The lowest BCUT2D eigenvalue weighted by atomic mass is 10.0. The number of rotatable bonds is 11. The minimum atomic E-state index is 0.314. The summed E-state index contributed by atoms with van der Waals surface area (Å²) < 4.78 is 0. The second-order valence-corrected chi connectivity index (χ2v) is 9.21. The second kappa shape index (κ2) is 12.3. The summed E-state index contributed by atoms with van der Waals surface area (Å²) in [5.74, 6) is 2.27. The molecule has 0 aliphatic carbocycles. The molecule has 0 unspecified atom stereocenters. The molecule has 3 heterocycles. The number of anilines is 1. The third-order valence-electron chi connectivity index (χ3n) is 6.65.